The van der Waals surface area contributed by atoms with Crippen molar-refractivity contribution in [1.29, 1.82) is 0 Å². The fourth-order valence-electron chi connectivity index (χ4n) is 1.31. The average molecular weight is 311 g/mol. The molecule has 1 aromatic carbocycles. The first-order valence-electron chi connectivity index (χ1n) is 5.08. The summed E-state index contributed by atoms with van der Waals surface area (Å²) >= 11 is 5.03. The van der Waals surface area contributed by atoms with E-state index in [0.29, 0.717) is 0 Å². The van der Waals surface area contributed by atoms with Crippen LogP contribution in [0.15, 0.2) is 51.2 Å². The molecule has 0 radical (unpaired) electrons. The maximum atomic E-state index is 9.48. The van der Waals surface area contributed by atoms with Gasteiger partial charge in [0, 0.05) is 21.8 Å². The first-order chi connectivity index (χ1) is 8.16. The summed E-state index contributed by atoms with van der Waals surface area (Å²) in [5.41, 5.74) is 0.889. The summed E-state index contributed by atoms with van der Waals surface area (Å²) in [4.78, 5) is 9.27. The summed E-state index contributed by atoms with van der Waals surface area (Å²) in [5.74, 6) is 0. The zero-order valence-electron chi connectivity index (χ0n) is 9.17. The molecule has 88 valence electrons. The summed E-state index contributed by atoms with van der Waals surface area (Å²) in [6.45, 7) is 1.75. The van der Waals surface area contributed by atoms with Crippen LogP contribution >= 0.6 is 27.7 Å². The molecule has 1 aromatic heterocycles. The van der Waals surface area contributed by atoms with Crippen molar-refractivity contribution in [3.63, 3.8) is 0 Å². The fourth-order valence-corrected chi connectivity index (χ4v) is 2.69. The molecule has 1 heterocycles. The number of aromatic nitrogens is 2. The number of halogens is 1. The zero-order valence-corrected chi connectivity index (χ0v) is 11.6. The molecular weight excluding hydrogens is 300 g/mol. The Labute approximate surface area is 112 Å². The first kappa shape index (κ1) is 12.5. The number of hydrogen-bond acceptors (Lipinski definition) is 4. The highest BCUT2D eigenvalue weighted by molar-refractivity contribution is 9.10. The monoisotopic (exact) mass is 310 g/mol. The van der Waals surface area contributed by atoms with E-state index in [1.807, 2.05) is 18.2 Å². The molecule has 2 aromatic rings. The average Bonchev–Trinajstić information content (AvgIpc) is 2.33. The highest BCUT2D eigenvalue weighted by Crippen LogP contribution is 2.33. The number of hydrogen-bond donors (Lipinski definition) is 1. The largest absolute Gasteiger partial charge is 0.389 e. The molecular formula is C12H11BrN2OS. The summed E-state index contributed by atoms with van der Waals surface area (Å²) in [7, 11) is 0. The van der Waals surface area contributed by atoms with Crippen LogP contribution in [0.2, 0.25) is 0 Å². The Morgan fingerprint density at radius 3 is 2.76 bits per heavy atom. The standard InChI is InChI=1S/C12H11BrN2OS/c1-8(16)9-2-3-11(10(13)6-9)17-12-7-14-4-5-15-12/h2-8,16H,1H3. The van der Waals surface area contributed by atoms with Crippen molar-refractivity contribution in [2.45, 2.75) is 22.9 Å². The van der Waals surface area contributed by atoms with Gasteiger partial charge in [0.15, 0.2) is 0 Å². The third-order valence-electron chi connectivity index (χ3n) is 2.19. The van der Waals surface area contributed by atoms with Crippen LogP contribution < -0.4 is 0 Å². The van der Waals surface area contributed by atoms with Crippen molar-refractivity contribution in [3.8, 4) is 0 Å². The number of benzene rings is 1. The molecule has 0 fully saturated rings. The normalized spacial score (nSPS) is 12.4. The topological polar surface area (TPSA) is 46.0 Å². The molecule has 2 rings (SSSR count). The lowest BCUT2D eigenvalue weighted by Crippen LogP contribution is -1.91. The zero-order chi connectivity index (χ0) is 12.3. The molecule has 0 aliphatic carbocycles. The van der Waals surface area contributed by atoms with Gasteiger partial charge in [-0.1, -0.05) is 17.8 Å². The van der Waals surface area contributed by atoms with E-state index >= 15 is 0 Å². The molecule has 0 aliphatic rings. The van der Waals surface area contributed by atoms with Crippen LogP contribution in [0.4, 0.5) is 0 Å². The predicted octanol–water partition coefficient (Wildman–Crippen LogP) is 3.44. The van der Waals surface area contributed by atoms with Crippen molar-refractivity contribution >= 4 is 27.7 Å². The fraction of sp³-hybridized carbons (Fsp3) is 0.167. The van der Waals surface area contributed by atoms with Crippen LogP contribution in [0.25, 0.3) is 0 Å². The Hall–Kier alpha value is -0.910. The lowest BCUT2D eigenvalue weighted by molar-refractivity contribution is 0.199. The Kier molecular flexibility index (Phi) is 4.15. The maximum absolute atomic E-state index is 9.48. The van der Waals surface area contributed by atoms with Gasteiger partial charge in [0.2, 0.25) is 0 Å². The van der Waals surface area contributed by atoms with Crippen LogP contribution in [0, 0.1) is 0 Å². The lowest BCUT2D eigenvalue weighted by atomic mass is 10.1. The van der Waals surface area contributed by atoms with Gasteiger partial charge in [-0.25, -0.2) is 4.98 Å². The molecule has 3 nitrogen and oxygen atoms in total. The van der Waals surface area contributed by atoms with Gasteiger partial charge in [-0.3, -0.25) is 4.98 Å². The smallest absolute Gasteiger partial charge is 0.119 e. The van der Waals surface area contributed by atoms with Crippen molar-refractivity contribution in [2.24, 2.45) is 0 Å². The Balaban J connectivity index is 2.23. The minimum absolute atomic E-state index is 0.457. The molecule has 1 atom stereocenters. The highest BCUT2D eigenvalue weighted by atomic mass is 79.9. The number of aliphatic hydroxyl groups excluding tert-OH is 1. The van der Waals surface area contributed by atoms with Gasteiger partial charge in [-0.05, 0) is 40.5 Å². The molecule has 0 bridgehead atoms. The molecule has 17 heavy (non-hydrogen) atoms. The van der Waals surface area contributed by atoms with Gasteiger partial charge in [0.1, 0.15) is 5.03 Å². The van der Waals surface area contributed by atoms with Crippen LogP contribution in [-0.2, 0) is 0 Å². The Morgan fingerprint density at radius 2 is 2.18 bits per heavy atom. The van der Waals surface area contributed by atoms with E-state index in [1.54, 1.807) is 25.5 Å². The first-order valence-corrected chi connectivity index (χ1v) is 6.69. The van der Waals surface area contributed by atoms with Crippen molar-refractivity contribution in [1.82, 2.24) is 9.97 Å². The molecule has 0 amide bonds. The summed E-state index contributed by atoms with van der Waals surface area (Å²) in [6.07, 6.45) is 4.58. The molecule has 1 N–H and O–H groups in total. The van der Waals surface area contributed by atoms with E-state index in [4.69, 9.17) is 0 Å². The van der Waals surface area contributed by atoms with Gasteiger partial charge >= 0.3 is 0 Å². The minimum Gasteiger partial charge on any atom is -0.389 e. The highest BCUT2D eigenvalue weighted by Gasteiger charge is 2.07. The molecule has 0 saturated heterocycles. The minimum atomic E-state index is -0.457. The quantitative estimate of drug-likeness (QED) is 0.943. The third kappa shape index (κ3) is 3.28. The maximum Gasteiger partial charge on any atom is 0.119 e. The second kappa shape index (κ2) is 5.62. The van der Waals surface area contributed by atoms with Crippen LogP contribution in [0.1, 0.15) is 18.6 Å². The van der Waals surface area contributed by atoms with Gasteiger partial charge < -0.3 is 5.11 Å². The van der Waals surface area contributed by atoms with Crippen molar-refractivity contribution in [3.05, 3.63) is 46.8 Å². The SMILES string of the molecule is CC(O)c1ccc(Sc2cnccn2)c(Br)c1. The number of aliphatic hydroxyl groups is 1. The third-order valence-corrected chi connectivity index (χ3v) is 4.11. The van der Waals surface area contributed by atoms with Crippen LogP contribution in [-0.4, -0.2) is 15.1 Å². The van der Waals surface area contributed by atoms with Crippen LogP contribution in [0.3, 0.4) is 0 Å². The summed E-state index contributed by atoms with van der Waals surface area (Å²) in [6, 6.07) is 5.79. The summed E-state index contributed by atoms with van der Waals surface area (Å²) < 4.78 is 0.951. The van der Waals surface area contributed by atoms with Gasteiger partial charge in [-0.15, -0.1) is 0 Å². The van der Waals surface area contributed by atoms with E-state index in [1.165, 1.54) is 11.8 Å². The lowest BCUT2D eigenvalue weighted by Gasteiger charge is -2.08. The second-order valence-electron chi connectivity index (χ2n) is 3.51. The van der Waals surface area contributed by atoms with E-state index < -0.39 is 6.10 Å². The van der Waals surface area contributed by atoms with E-state index in [0.717, 1.165) is 20.0 Å². The van der Waals surface area contributed by atoms with Crippen molar-refractivity contribution < 1.29 is 5.11 Å². The van der Waals surface area contributed by atoms with Gasteiger partial charge in [0.05, 0.1) is 12.3 Å². The van der Waals surface area contributed by atoms with E-state index in [2.05, 4.69) is 25.9 Å². The van der Waals surface area contributed by atoms with E-state index in [-0.39, 0.29) is 0 Å². The van der Waals surface area contributed by atoms with E-state index in [9.17, 15) is 5.11 Å². The molecule has 0 spiro atoms. The van der Waals surface area contributed by atoms with Crippen molar-refractivity contribution in [2.75, 3.05) is 0 Å². The Bertz CT molecular complexity index is 505. The summed E-state index contributed by atoms with van der Waals surface area (Å²) in [5, 5.41) is 10.3. The van der Waals surface area contributed by atoms with Gasteiger partial charge in [0.25, 0.3) is 0 Å². The molecule has 0 saturated carbocycles. The Morgan fingerprint density at radius 1 is 1.35 bits per heavy atom. The second-order valence-corrected chi connectivity index (χ2v) is 5.43. The van der Waals surface area contributed by atoms with Crippen LogP contribution in [0.5, 0.6) is 0 Å². The predicted molar refractivity (Wildman–Crippen MR) is 70.9 cm³/mol. The van der Waals surface area contributed by atoms with Gasteiger partial charge in [-0.2, -0.15) is 0 Å². The molecule has 1 unspecified atom stereocenters. The number of nitrogens with zero attached hydrogens (tertiary/aromatic N) is 2. The molecule has 0 aliphatic heterocycles. The number of rotatable bonds is 3. The molecule has 5 heteroatoms.